The maximum atomic E-state index is 12.0. The zero-order valence-electron chi connectivity index (χ0n) is 11.2. The molecule has 1 unspecified atom stereocenters. The number of amides is 2. The Morgan fingerprint density at radius 2 is 2.00 bits per heavy atom. The first-order valence-corrected chi connectivity index (χ1v) is 6.41. The molecule has 0 spiro atoms. The lowest BCUT2D eigenvalue weighted by atomic mass is 10.0. The van der Waals surface area contributed by atoms with Crippen molar-refractivity contribution in [2.75, 3.05) is 11.9 Å². The Balaban J connectivity index is 2.70. The van der Waals surface area contributed by atoms with Crippen LogP contribution in [-0.4, -0.2) is 18.4 Å². The van der Waals surface area contributed by atoms with E-state index in [4.69, 9.17) is 11.5 Å². The van der Waals surface area contributed by atoms with Crippen molar-refractivity contribution in [3.8, 4) is 0 Å². The van der Waals surface area contributed by atoms with Crippen LogP contribution in [0.3, 0.4) is 0 Å². The van der Waals surface area contributed by atoms with Crippen LogP contribution in [-0.2, 0) is 16.0 Å². The second-order valence-electron chi connectivity index (χ2n) is 4.62. The number of anilines is 1. The number of nitrogens with two attached hydrogens (primary N) is 2. The van der Waals surface area contributed by atoms with Gasteiger partial charge in [0.25, 0.3) is 0 Å². The van der Waals surface area contributed by atoms with Gasteiger partial charge >= 0.3 is 0 Å². The van der Waals surface area contributed by atoms with E-state index in [9.17, 15) is 9.59 Å². The Labute approximate surface area is 113 Å². The van der Waals surface area contributed by atoms with E-state index in [2.05, 4.69) is 5.32 Å². The lowest BCUT2D eigenvalue weighted by Crippen LogP contribution is -2.23. The summed E-state index contributed by atoms with van der Waals surface area (Å²) in [5, 5.41) is 2.84. The first-order chi connectivity index (χ1) is 9.04. The third-order valence-corrected chi connectivity index (χ3v) is 2.93. The Kier molecular flexibility index (Phi) is 6.02. The first-order valence-electron chi connectivity index (χ1n) is 6.41. The molecule has 5 N–H and O–H groups in total. The van der Waals surface area contributed by atoms with E-state index in [1.807, 2.05) is 19.1 Å². The van der Waals surface area contributed by atoms with Gasteiger partial charge in [0.2, 0.25) is 11.8 Å². The SMILES string of the molecule is CC(CCCN)C(=O)Nc1ccccc1CC(N)=O. The minimum Gasteiger partial charge on any atom is -0.369 e. The van der Waals surface area contributed by atoms with E-state index in [1.54, 1.807) is 12.1 Å². The van der Waals surface area contributed by atoms with Gasteiger partial charge in [-0.15, -0.1) is 0 Å². The molecule has 0 saturated carbocycles. The van der Waals surface area contributed by atoms with Crippen LogP contribution >= 0.6 is 0 Å². The maximum absolute atomic E-state index is 12.0. The molecular formula is C14H21N3O2. The van der Waals surface area contributed by atoms with E-state index in [1.165, 1.54) is 0 Å². The molecule has 0 saturated heterocycles. The lowest BCUT2D eigenvalue weighted by Gasteiger charge is -2.14. The van der Waals surface area contributed by atoms with Gasteiger partial charge in [-0.25, -0.2) is 0 Å². The molecule has 0 aliphatic heterocycles. The molecule has 1 aromatic rings. The summed E-state index contributed by atoms with van der Waals surface area (Å²) in [5.41, 5.74) is 12.0. The van der Waals surface area contributed by atoms with Crippen molar-refractivity contribution in [2.24, 2.45) is 17.4 Å². The number of hydrogen-bond acceptors (Lipinski definition) is 3. The molecule has 5 nitrogen and oxygen atoms in total. The van der Waals surface area contributed by atoms with Gasteiger partial charge in [0.05, 0.1) is 6.42 Å². The smallest absolute Gasteiger partial charge is 0.227 e. The molecule has 19 heavy (non-hydrogen) atoms. The molecule has 0 aliphatic rings. The summed E-state index contributed by atoms with van der Waals surface area (Å²) in [6, 6.07) is 7.17. The van der Waals surface area contributed by atoms with Gasteiger partial charge in [-0.3, -0.25) is 9.59 Å². The van der Waals surface area contributed by atoms with Crippen molar-refractivity contribution in [1.29, 1.82) is 0 Å². The molecular weight excluding hydrogens is 242 g/mol. The average Bonchev–Trinajstić information content (AvgIpc) is 2.37. The standard InChI is InChI=1S/C14H21N3O2/c1-10(5-4-8-15)14(19)17-12-7-3-2-6-11(12)9-13(16)18/h2-3,6-7,10H,4-5,8-9,15H2,1H3,(H2,16,18)(H,17,19). The van der Waals surface area contributed by atoms with Crippen LogP contribution in [0.15, 0.2) is 24.3 Å². The maximum Gasteiger partial charge on any atom is 0.227 e. The molecule has 104 valence electrons. The summed E-state index contributed by atoms with van der Waals surface area (Å²) in [7, 11) is 0. The Hall–Kier alpha value is -1.88. The zero-order valence-corrected chi connectivity index (χ0v) is 11.2. The highest BCUT2D eigenvalue weighted by atomic mass is 16.2. The molecule has 0 aromatic heterocycles. The molecule has 0 heterocycles. The van der Waals surface area contributed by atoms with Crippen molar-refractivity contribution < 1.29 is 9.59 Å². The number of nitrogens with one attached hydrogen (secondary N) is 1. The van der Waals surface area contributed by atoms with E-state index < -0.39 is 5.91 Å². The van der Waals surface area contributed by atoms with Gasteiger partial charge in [-0.1, -0.05) is 25.1 Å². The highest BCUT2D eigenvalue weighted by Gasteiger charge is 2.14. The predicted octanol–water partition coefficient (Wildman–Crippen LogP) is 1.03. The fraction of sp³-hybridized carbons (Fsp3) is 0.429. The topological polar surface area (TPSA) is 98.2 Å². The van der Waals surface area contributed by atoms with Gasteiger partial charge < -0.3 is 16.8 Å². The number of carbonyl (C=O) groups is 2. The minimum atomic E-state index is -0.419. The Bertz CT molecular complexity index is 446. The summed E-state index contributed by atoms with van der Waals surface area (Å²) >= 11 is 0. The van der Waals surface area contributed by atoms with E-state index in [0.29, 0.717) is 12.2 Å². The van der Waals surface area contributed by atoms with Crippen LogP contribution in [0, 0.1) is 5.92 Å². The monoisotopic (exact) mass is 263 g/mol. The Morgan fingerprint density at radius 1 is 1.32 bits per heavy atom. The number of benzene rings is 1. The van der Waals surface area contributed by atoms with Crippen molar-refractivity contribution in [3.63, 3.8) is 0 Å². The van der Waals surface area contributed by atoms with Crippen molar-refractivity contribution >= 4 is 17.5 Å². The summed E-state index contributed by atoms with van der Waals surface area (Å²) < 4.78 is 0. The Morgan fingerprint density at radius 3 is 2.63 bits per heavy atom. The molecule has 0 radical (unpaired) electrons. The van der Waals surface area contributed by atoms with E-state index in [0.717, 1.165) is 18.4 Å². The summed E-state index contributed by atoms with van der Waals surface area (Å²) in [6.45, 7) is 2.44. The lowest BCUT2D eigenvalue weighted by molar-refractivity contribution is -0.120. The van der Waals surface area contributed by atoms with Gasteiger partial charge in [-0.05, 0) is 31.0 Å². The van der Waals surface area contributed by atoms with Crippen LogP contribution in [0.2, 0.25) is 0 Å². The highest BCUT2D eigenvalue weighted by Crippen LogP contribution is 2.17. The van der Waals surface area contributed by atoms with E-state index >= 15 is 0 Å². The van der Waals surface area contributed by atoms with E-state index in [-0.39, 0.29) is 18.2 Å². The normalized spacial score (nSPS) is 11.9. The summed E-state index contributed by atoms with van der Waals surface area (Å²) in [4.78, 5) is 23.0. The van der Waals surface area contributed by atoms with Crippen LogP contribution in [0.4, 0.5) is 5.69 Å². The fourth-order valence-electron chi connectivity index (χ4n) is 1.80. The van der Waals surface area contributed by atoms with Crippen LogP contribution in [0.5, 0.6) is 0 Å². The second kappa shape index (κ2) is 7.53. The molecule has 0 bridgehead atoms. The van der Waals surface area contributed by atoms with Gasteiger partial charge in [-0.2, -0.15) is 0 Å². The van der Waals surface area contributed by atoms with Gasteiger partial charge in [0, 0.05) is 11.6 Å². The minimum absolute atomic E-state index is 0.0645. The third-order valence-electron chi connectivity index (χ3n) is 2.93. The van der Waals surface area contributed by atoms with Crippen LogP contribution in [0.1, 0.15) is 25.3 Å². The molecule has 1 rings (SSSR count). The largest absolute Gasteiger partial charge is 0.369 e. The quantitative estimate of drug-likeness (QED) is 0.685. The van der Waals surface area contributed by atoms with Crippen molar-refractivity contribution in [3.05, 3.63) is 29.8 Å². The average molecular weight is 263 g/mol. The molecule has 1 atom stereocenters. The fourth-order valence-corrected chi connectivity index (χ4v) is 1.80. The number of hydrogen-bond donors (Lipinski definition) is 3. The van der Waals surface area contributed by atoms with Crippen molar-refractivity contribution in [2.45, 2.75) is 26.2 Å². The van der Waals surface area contributed by atoms with Gasteiger partial charge in [0.1, 0.15) is 0 Å². The molecule has 1 aromatic carbocycles. The number of carbonyl (C=O) groups excluding carboxylic acids is 2. The van der Waals surface area contributed by atoms with Crippen LogP contribution < -0.4 is 16.8 Å². The molecule has 5 heteroatoms. The number of para-hydroxylation sites is 1. The van der Waals surface area contributed by atoms with Crippen LogP contribution in [0.25, 0.3) is 0 Å². The van der Waals surface area contributed by atoms with Crippen molar-refractivity contribution in [1.82, 2.24) is 0 Å². The predicted molar refractivity (Wildman–Crippen MR) is 75.4 cm³/mol. The molecule has 0 fully saturated rings. The summed E-state index contributed by atoms with van der Waals surface area (Å²) in [5.74, 6) is -0.589. The zero-order chi connectivity index (χ0) is 14.3. The number of rotatable bonds is 7. The number of primary amides is 1. The highest BCUT2D eigenvalue weighted by molar-refractivity contribution is 5.93. The molecule has 0 aliphatic carbocycles. The summed E-state index contributed by atoms with van der Waals surface area (Å²) in [6.07, 6.45) is 1.69. The van der Waals surface area contributed by atoms with Gasteiger partial charge in [0.15, 0.2) is 0 Å². The molecule has 2 amide bonds. The first kappa shape index (κ1) is 15.2. The third kappa shape index (κ3) is 5.09. The second-order valence-corrected chi connectivity index (χ2v) is 4.62.